The molecule has 0 fully saturated rings. The van der Waals surface area contributed by atoms with Gasteiger partial charge in [0, 0.05) is 13.6 Å². The minimum Gasteiger partial charge on any atom is -0.478 e. The first-order valence-electron chi connectivity index (χ1n) is 6.48. The van der Waals surface area contributed by atoms with Gasteiger partial charge in [-0.2, -0.15) is 0 Å². The lowest BCUT2D eigenvalue weighted by atomic mass is 10.1. The second-order valence-corrected chi connectivity index (χ2v) is 7.34. The molecule has 0 saturated heterocycles. The van der Waals surface area contributed by atoms with Crippen LogP contribution in [0.1, 0.15) is 36.2 Å². The summed E-state index contributed by atoms with van der Waals surface area (Å²) in [5.41, 5.74) is 0.587. The Morgan fingerprint density at radius 2 is 2.00 bits per heavy atom. The maximum Gasteiger partial charge on any atom is 0.335 e. The molecule has 0 heterocycles. The molecule has 0 radical (unpaired) electrons. The van der Waals surface area contributed by atoms with E-state index in [0.29, 0.717) is 18.0 Å². The van der Waals surface area contributed by atoms with Gasteiger partial charge in [-0.3, -0.25) is 0 Å². The second kappa shape index (κ2) is 6.85. The minimum atomic E-state index is -3.41. The average molecular weight is 299 g/mol. The van der Waals surface area contributed by atoms with Crippen molar-refractivity contribution >= 4 is 16.0 Å². The Morgan fingerprint density at radius 3 is 2.55 bits per heavy atom. The number of sulfonamides is 1. The van der Waals surface area contributed by atoms with Crippen molar-refractivity contribution in [1.29, 1.82) is 0 Å². The molecule has 0 bridgehead atoms. The highest BCUT2D eigenvalue weighted by atomic mass is 32.2. The summed E-state index contributed by atoms with van der Waals surface area (Å²) in [6.45, 7) is 4.55. The van der Waals surface area contributed by atoms with Crippen LogP contribution in [0.2, 0.25) is 0 Å². The summed E-state index contributed by atoms with van der Waals surface area (Å²) in [5.74, 6) is -0.802. The number of aromatic carboxylic acids is 1. The lowest BCUT2D eigenvalue weighted by Crippen LogP contribution is -2.29. The third-order valence-corrected chi connectivity index (χ3v) is 4.85. The Kier molecular flexibility index (Phi) is 5.71. The molecule has 0 aliphatic carbocycles. The van der Waals surface area contributed by atoms with Crippen LogP contribution in [0.5, 0.6) is 0 Å². The van der Waals surface area contributed by atoms with Crippen molar-refractivity contribution in [3.05, 3.63) is 35.4 Å². The first-order chi connectivity index (χ1) is 9.22. The van der Waals surface area contributed by atoms with Crippen LogP contribution < -0.4 is 0 Å². The third-order valence-electron chi connectivity index (χ3n) is 3.02. The van der Waals surface area contributed by atoms with E-state index in [1.165, 1.54) is 16.4 Å². The van der Waals surface area contributed by atoms with Crippen molar-refractivity contribution in [3.8, 4) is 0 Å². The van der Waals surface area contributed by atoms with Crippen molar-refractivity contribution in [3.63, 3.8) is 0 Å². The topological polar surface area (TPSA) is 74.7 Å². The monoisotopic (exact) mass is 299 g/mol. The molecule has 6 heteroatoms. The van der Waals surface area contributed by atoms with Crippen LogP contribution in [0.4, 0.5) is 0 Å². The van der Waals surface area contributed by atoms with Gasteiger partial charge >= 0.3 is 5.97 Å². The fourth-order valence-electron chi connectivity index (χ4n) is 1.69. The predicted octanol–water partition coefficient (Wildman–Crippen LogP) is 2.19. The van der Waals surface area contributed by atoms with Crippen LogP contribution in [0.25, 0.3) is 0 Å². The quantitative estimate of drug-likeness (QED) is 0.837. The second-order valence-electron chi connectivity index (χ2n) is 5.27. The summed E-state index contributed by atoms with van der Waals surface area (Å²) in [4.78, 5) is 10.9. The first-order valence-corrected chi connectivity index (χ1v) is 8.09. The van der Waals surface area contributed by atoms with Gasteiger partial charge in [-0.1, -0.05) is 26.0 Å². The van der Waals surface area contributed by atoms with Crippen molar-refractivity contribution in [2.45, 2.75) is 26.0 Å². The number of benzene rings is 1. The zero-order valence-corrected chi connectivity index (χ0v) is 12.9. The Labute approximate surface area is 120 Å². The fourth-order valence-corrected chi connectivity index (χ4v) is 2.90. The smallest absolute Gasteiger partial charge is 0.335 e. The largest absolute Gasteiger partial charge is 0.478 e. The van der Waals surface area contributed by atoms with Gasteiger partial charge in [0.05, 0.1) is 11.3 Å². The van der Waals surface area contributed by atoms with E-state index in [9.17, 15) is 13.2 Å². The van der Waals surface area contributed by atoms with Gasteiger partial charge in [0.1, 0.15) is 0 Å². The lowest BCUT2D eigenvalue weighted by Gasteiger charge is -2.18. The number of nitrogens with zero attached hydrogens (tertiary/aromatic N) is 1. The summed E-state index contributed by atoms with van der Waals surface area (Å²) in [6.07, 6.45) is 0.797. The summed E-state index contributed by atoms with van der Waals surface area (Å²) >= 11 is 0. The van der Waals surface area contributed by atoms with Crippen molar-refractivity contribution in [2.24, 2.45) is 5.92 Å². The highest BCUT2D eigenvalue weighted by Gasteiger charge is 2.19. The zero-order valence-electron chi connectivity index (χ0n) is 12.0. The molecule has 0 unspecified atom stereocenters. The molecule has 0 aliphatic heterocycles. The van der Waals surface area contributed by atoms with Gasteiger partial charge in [0.25, 0.3) is 0 Å². The van der Waals surface area contributed by atoms with Crippen molar-refractivity contribution in [2.75, 3.05) is 13.6 Å². The number of hydrogen-bond acceptors (Lipinski definition) is 3. The Balaban J connectivity index is 2.80. The highest BCUT2D eigenvalue weighted by Crippen LogP contribution is 2.13. The van der Waals surface area contributed by atoms with Crippen LogP contribution in [0.3, 0.4) is 0 Å². The summed E-state index contributed by atoms with van der Waals surface area (Å²) < 4.78 is 25.7. The molecule has 0 aliphatic rings. The van der Waals surface area contributed by atoms with E-state index in [4.69, 9.17) is 5.11 Å². The number of carboxylic acids is 1. The fraction of sp³-hybridized carbons (Fsp3) is 0.500. The van der Waals surface area contributed by atoms with E-state index in [-0.39, 0.29) is 11.3 Å². The van der Waals surface area contributed by atoms with E-state index >= 15 is 0 Å². The molecular weight excluding hydrogens is 278 g/mol. The zero-order chi connectivity index (χ0) is 15.3. The standard InChI is InChI=1S/C14H21NO4S/c1-11(2)7-8-15(3)20(18,19)10-12-5-4-6-13(9-12)14(16)17/h4-6,9,11H,7-8,10H2,1-3H3,(H,16,17). The van der Waals surface area contributed by atoms with Crippen molar-refractivity contribution < 1.29 is 18.3 Å². The molecule has 5 nitrogen and oxygen atoms in total. The molecule has 112 valence electrons. The molecule has 20 heavy (non-hydrogen) atoms. The number of rotatable bonds is 7. The van der Waals surface area contributed by atoms with Gasteiger partial charge in [0.15, 0.2) is 0 Å². The molecule has 1 aromatic rings. The van der Waals surface area contributed by atoms with Gasteiger partial charge in [-0.25, -0.2) is 17.5 Å². The number of carboxylic acid groups (broad SMARTS) is 1. The van der Waals surface area contributed by atoms with Gasteiger partial charge in [-0.15, -0.1) is 0 Å². The molecule has 1 rings (SSSR count). The Morgan fingerprint density at radius 1 is 1.35 bits per heavy atom. The normalized spacial score (nSPS) is 12.1. The van der Waals surface area contributed by atoms with Crippen LogP contribution in [-0.4, -0.2) is 37.4 Å². The van der Waals surface area contributed by atoms with Crippen LogP contribution in [0.15, 0.2) is 24.3 Å². The van der Waals surface area contributed by atoms with Crippen LogP contribution >= 0.6 is 0 Å². The van der Waals surface area contributed by atoms with Gasteiger partial charge in [0.2, 0.25) is 10.0 Å². The molecule has 1 aromatic carbocycles. The molecular formula is C14H21NO4S. The maximum absolute atomic E-state index is 12.2. The van der Waals surface area contributed by atoms with Gasteiger partial charge < -0.3 is 5.11 Å². The van der Waals surface area contributed by atoms with Crippen molar-refractivity contribution in [1.82, 2.24) is 4.31 Å². The Hall–Kier alpha value is -1.40. The van der Waals surface area contributed by atoms with Gasteiger partial charge in [-0.05, 0) is 30.0 Å². The molecule has 0 amide bonds. The number of hydrogen-bond donors (Lipinski definition) is 1. The molecule has 0 spiro atoms. The lowest BCUT2D eigenvalue weighted by molar-refractivity contribution is 0.0696. The van der Waals surface area contributed by atoms with E-state index in [0.717, 1.165) is 6.42 Å². The van der Waals surface area contributed by atoms with Crippen LogP contribution in [0, 0.1) is 5.92 Å². The third kappa shape index (κ3) is 4.94. The average Bonchev–Trinajstić information content (AvgIpc) is 2.35. The Bertz CT molecular complexity index is 566. The molecule has 0 atom stereocenters. The summed E-state index contributed by atoms with van der Waals surface area (Å²) in [7, 11) is -1.86. The van der Waals surface area contributed by atoms with E-state index in [1.54, 1.807) is 19.2 Å². The minimum absolute atomic E-state index is 0.0996. The molecule has 0 saturated carbocycles. The first kappa shape index (κ1) is 16.7. The van der Waals surface area contributed by atoms with E-state index < -0.39 is 16.0 Å². The van der Waals surface area contributed by atoms with E-state index in [1.807, 2.05) is 13.8 Å². The molecule has 0 aromatic heterocycles. The van der Waals surface area contributed by atoms with E-state index in [2.05, 4.69) is 0 Å². The predicted molar refractivity (Wildman–Crippen MR) is 78.1 cm³/mol. The SMILES string of the molecule is CC(C)CCN(C)S(=O)(=O)Cc1cccc(C(=O)O)c1. The maximum atomic E-state index is 12.2. The number of carbonyl (C=O) groups is 1. The highest BCUT2D eigenvalue weighted by molar-refractivity contribution is 7.88. The summed E-state index contributed by atoms with van der Waals surface area (Å²) in [6, 6.07) is 6.03. The molecule has 1 N–H and O–H groups in total. The van der Waals surface area contributed by atoms with Crippen LogP contribution in [-0.2, 0) is 15.8 Å². The summed E-state index contributed by atoms with van der Waals surface area (Å²) in [5, 5.41) is 8.90.